The third-order valence-electron chi connectivity index (χ3n) is 2.90. The van der Waals surface area contributed by atoms with E-state index in [9.17, 15) is 0 Å². The summed E-state index contributed by atoms with van der Waals surface area (Å²) in [5.41, 5.74) is 9.23. The second-order valence-electron chi connectivity index (χ2n) is 4.42. The van der Waals surface area contributed by atoms with Crippen molar-refractivity contribution in [2.45, 2.75) is 27.7 Å². The summed E-state index contributed by atoms with van der Waals surface area (Å²) in [4.78, 5) is 4.18. The zero-order valence-corrected chi connectivity index (χ0v) is 10.7. The van der Waals surface area contributed by atoms with Gasteiger partial charge in [-0.1, -0.05) is 0 Å². The smallest absolute Gasteiger partial charge is 0.197 e. The van der Waals surface area contributed by atoms with Gasteiger partial charge in [0.15, 0.2) is 5.57 Å². The molecule has 0 saturated heterocycles. The first kappa shape index (κ1) is 11.6. The van der Waals surface area contributed by atoms with E-state index in [0.29, 0.717) is 0 Å². The van der Waals surface area contributed by atoms with Crippen LogP contribution in [0.25, 0.3) is 5.32 Å². The van der Waals surface area contributed by atoms with Gasteiger partial charge in [0.1, 0.15) is 0 Å². The summed E-state index contributed by atoms with van der Waals surface area (Å²) in [5.74, 6) is 1.15. The Balaban J connectivity index is 2.57. The minimum absolute atomic E-state index is 1.14. The molecule has 2 heterocycles. The summed E-state index contributed by atoms with van der Waals surface area (Å²) < 4.78 is 0. The molecule has 2 heteroatoms. The SMILES string of the molecule is CC1=C[N-]C=C(C)C1=C=C1C(C)=CN=C[C+]1C. The Morgan fingerprint density at radius 2 is 1.76 bits per heavy atom. The molecule has 0 bridgehead atoms. The van der Waals surface area contributed by atoms with Crippen LogP contribution in [0.1, 0.15) is 27.7 Å². The Labute approximate surface area is 103 Å². The van der Waals surface area contributed by atoms with Gasteiger partial charge in [0.25, 0.3) is 0 Å². The van der Waals surface area contributed by atoms with Gasteiger partial charge in [-0.2, -0.15) is 12.4 Å². The zero-order valence-electron chi connectivity index (χ0n) is 10.7. The van der Waals surface area contributed by atoms with Crippen molar-refractivity contribution in [1.29, 1.82) is 0 Å². The summed E-state index contributed by atoms with van der Waals surface area (Å²) in [7, 11) is 0. The highest BCUT2D eigenvalue weighted by atomic mass is 14.8. The summed E-state index contributed by atoms with van der Waals surface area (Å²) in [6.45, 7) is 8.25. The summed E-state index contributed by atoms with van der Waals surface area (Å²) in [5, 5.41) is 4.18. The molecule has 0 saturated carbocycles. The van der Waals surface area contributed by atoms with Crippen LogP contribution < -0.4 is 0 Å². The molecule has 0 aliphatic carbocycles. The molecule has 2 rings (SSSR count). The fraction of sp³-hybridized carbons (Fsp3) is 0.267. The summed E-state index contributed by atoms with van der Waals surface area (Å²) >= 11 is 0. The van der Waals surface area contributed by atoms with Crippen molar-refractivity contribution >= 4 is 6.21 Å². The van der Waals surface area contributed by atoms with Crippen molar-refractivity contribution in [1.82, 2.24) is 0 Å². The van der Waals surface area contributed by atoms with Gasteiger partial charge < -0.3 is 5.32 Å². The van der Waals surface area contributed by atoms with E-state index in [1.807, 2.05) is 24.8 Å². The largest absolute Gasteiger partial charge is 0.670 e. The van der Waals surface area contributed by atoms with E-state index in [0.717, 1.165) is 33.8 Å². The number of rotatable bonds is 0. The first-order valence-electron chi connectivity index (χ1n) is 5.69. The minimum Gasteiger partial charge on any atom is -0.670 e. The molecule has 0 aromatic rings. The number of aliphatic imine (C=N–C) groups is 1. The topological polar surface area (TPSA) is 26.5 Å². The Hall–Kier alpha value is -1.92. The molecule has 0 amide bonds. The number of nitrogens with zero attached hydrogens (tertiary/aromatic N) is 2. The van der Waals surface area contributed by atoms with Gasteiger partial charge in [-0.25, -0.2) is 4.99 Å². The maximum absolute atomic E-state index is 4.18. The molecule has 0 spiro atoms. The third-order valence-corrected chi connectivity index (χ3v) is 2.90. The van der Waals surface area contributed by atoms with Gasteiger partial charge in [0.2, 0.25) is 0 Å². The highest BCUT2D eigenvalue weighted by Crippen LogP contribution is 2.28. The molecule has 0 unspecified atom stereocenters. The predicted molar refractivity (Wildman–Crippen MR) is 72.6 cm³/mol. The molecule has 0 fully saturated rings. The van der Waals surface area contributed by atoms with Crippen LogP contribution in [0.5, 0.6) is 0 Å². The van der Waals surface area contributed by atoms with E-state index >= 15 is 0 Å². The average Bonchev–Trinajstić information content (AvgIpc) is 2.27. The van der Waals surface area contributed by atoms with Crippen LogP contribution in [0.4, 0.5) is 0 Å². The number of allylic oxidation sites excluding steroid dienone is 4. The summed E-state index contributed by atoms with van der Waals surface area (Å²) in [6, 6.07) is 0. The lowest BCUT2D eigenvalue weighted by Gasteiger charge is -2.20. The van der Waals surface area contributed by atoms with Crippen LogP contribution >= 0.6 is 0 Å². The Kier molecular flexibility index (Phi) is 3.08. The molecular formula is C15H16N2. The van der Waals surface area contributed by atoms with Gasteiger partial charge in [-0.15, -0.1) is 0 Å². The maximum Gasteiger partial charge on any atom is 0.197 e. The molecule has 17 heavy (non-hydrogen) atoms. The van der Waals surface area contributed by atoms with Crippen molar-refractivity contribution in [3.8, 4) is 0 Å². The molecule has 2 aliphatic heterocycles. The van der Waals surface area contributed by atoms with Crippen molar-refractivity contribution < 1.29 is 0 Å². The van der Waals surface area contributed by atoms with Crippen LogP contribution in [0.15, 0.2) is 57.2 Å². The standard InChI is InChI=1S/C15H16N2/c1-10-6-16-7-11(2)14(10)5-15-12(3)8-17-9-13(15)4/h6-9H,1-4H3. The minimum atomic E-state index is 1.14. The molecule has 0 aromatic carbocycles. The lowest BCUT2D eigenvalue weighted by atomic mass is 9.91. The van der Waals surface area contributed by atoms with Crippen molar-refractivity contribution in [3.63, 3.8) is 0 Å². The zero-order chi connectivity index (χ0) is 12.4. The van der Waals surface area contributed by atoms with E-state index in [1.54, 1.807) is 0 Å². The molecule has 86 valence electrons. The fourth-order valence-corrected chi connectivity index (χ4v) is 1.92. The van der Waals surface area contributed by atoms with Crippen LogP contribution in [-0.4, -0.2) is 6.21 Å². The van der Waals surface area contributed by atoms with E-state index < -0.39 is 0 Å². The Morgan fingerprint density at radius 1 is 1.12 bits per heavy atom. The number of hydrogen-bond donors (Lipinski definition) is 0. The van der Waals surface area contributed by atoms with Gasteiger partial charge >= 0.3 is 0 Å². The van der Waals surface area contributed by atoms with Crippen molar-refractivity contribution in [2.24, 2.45) is 4.99 Å². The van der Waals surface area contributed by atoms with E-state index in [-0.39, 0.29) is 0 Å². The lowest BCUT2D eigenvalue weighted by molar-refractivity contribution is 1.19. The highest BCUT2D eigenvalue weighted by Gasteiger charge is 2.22. The molecule has 0 radical (unpaired) electrons. The molecule has 0 N–H and O–H groups in total. The second kappa shape index (κ2) is 4.52. The first-order valence-corrected chi connectivity index (χ1v) is 5.69. The van der Waals surface area contributed by atoms with Crippen molar-refractivity contribution in [2.75, 3.05) is 0 Å². The molecule has 0 aromatic heterocycles. The van der Waals surface area contributed by atoms with Gasteiger partial charge in [0, 0.05) is 13.8 Å². The molecule has 2 nitrogen and oxygen atoms in total. The fourth-order valence-electron chi connectivity index (χ4n) is 1.92. The summed E-state index contributed by atoms with van der Waals surface area (Å²) in [6.07, 6.45) is 7.50. The molecule has 2 aliphatic rings. The Morgan fingerprint density at radius 3 is 2.35 bits per heavy atom. The Bertz CT molecular complexity index is 501. The lowest BCUT2D eigenvalue weighted by Crippen LogP contribution is -2.03. The van der Waals surface area contributed by atoms with Crippen LogP contribution in [0, 0.1) is 5.92 Å². The molecular weight excluding hydrogens is 208 g/mol. The first-order chi connectivity index (χ1) is 8.09. The van der Waals surface area contributed by atoms with E-state index in [4.69, 9.17) is 0 Å². The van der Waals surface area contributed by atoms with Gasteiger partial charge in [-0.05, 0) is 25.0 Å². The van der Waals surface area contributed by atoms with Gasteiger partial charge in [0.05, 0.1) is 35.2 Å². The number of hydrogen-bond acceptors (Lipinski definition) is 1. The predicted octanol–water partition coefficient (Wildman–Crippen LogP) is 4.22. The van der Waals surface area contributed by atoms with E-state index in [1.165, 1.54) is 0 Å². The van der Waals surface area contributed by atoms with Crippen LogP contribution in [0.2, 0.25) is 0 Å². The normalized spacial score (nSPS) is 19.3. The van der Waals surface area contributed by atoms with Gasteiger partial charge in [-0.3, -0.25) is 0 Å². The monoisotopic (exact) mass is 224 g/mol. The molecule has 0 atom stereocenters. The van der Waals surface area contributed by atoms with Crippen LogP contribution in [0.3, 0.4) is 0 Å². The third kappa shape index (κ3) is 2.27. The quantitative estimate of drug-likeness (QED) is 0.435. The second-order valence-corrected chi connectivity index (χ2v) is 4.42. The maximum atomic E-state index is 4.18. The average molecular weight is 224 g/mol. The van der Waals surface area contributed by atoms with Crippen molar-refractivity contribution in [3.05, 3.63) is 63.4 Å². The van der Waals surface area contributed by atoms with E-state index in [2.05, 4.69) is 43.7 Å². The van der Waals surface area contributed by atoms with Crippen LogP contribution in [-0.2, 0) is 0 Å². The highest BCUT2D eigenvalue weighted by molar-refractivity contribution is 5.84.